The van der Waals surface area contributed by atoms with Crippen molar-refractivity contribution >= 4 is 38.6 Å². The molecule has 0 radical (unpaired) electrons. The fraction of sp³-hybridized carbons (Fsp3) is 0.238. The number of nitrogens with zero attached hydrogens (tertiary/aromatic N) is 3. The van der Waals surface area contributed by atoms with Crippen LogP contribution in [0, 0.1) is 0 Å². The van der Waals surface area contributed by atoms with E-state index in [0.717, 1.165) is 15.4 Å². The van der Waals surface area contributed by atoms with E-state index in [1.165, 1.54) is 0 Å². The maximum absolute atomic E-state index is 13.0. The Balaban J connectivity index is 1.47. The number of amides is 2. The molecule has 2 amide bonds. The first-order chi connectivity index (χ1) is 13.1. The number of rotatable bonds is 2. The van der Waals surface area contributed by atoms with Gasteiger partial charge in [-0.05, 0) is 40.2 Å². The molecule has 6 heteroatoms. The van der Waals surface area contributed by atoms with Gasteiger partial charge in [-0.2, -0.15) is 0 Å². The van der Waals surface area contributed by atoms with E-state index in [-0.39, 0.29) is 11.8 Å². The summed E-state index contributed by atoms with van der Waals surface area (Å²) in [6.07, 6.45) is 0. The number of fused-ring (bicyclic) bond motifs is 1. The first-order valence-corrected chi connectivity index (χ1v) is 9.73. The molecule has 3 aromatic rings. The van der Waals surface area contributed by atoms with E-state index in [9.17, 15) is 9.59 Å². The van der Waals surface area contributed by atoms with E-state index in [1.807, 2.05) is 76.0 Å². The van der Waals surface area contributed by atoms with Crippen molar-refractivity contribution in [1.82, 2.24) is 14.4 Å². The fourth-order valence-corrected chi connectivity index (χ4v) is 4.03. The SMILES string of the molecule is Cn1c(C(=O)N2CCN(C(=O)c3ccccc3Br)CC2)cc2ccccc21. The summed E-state index contributed by atoms with van der Waals surface area (Å²) < 4.78 is 2.74. The number of carbonyl (C=O) groups is 2. The molecule has 0 N–H and O–H groups in total. The molecule has 1 aliphatic rings. The summed E-state index contributed by atoms with van der Waals surface area (Å²) in [5, 5.41) is 1.06. The third kappa shape index (κ3) is 3.25. The Bertz CT molecular complexity index is 1020. The van der Waals surface area contributed by atoms with Crippen molar-refractivity contribution in [2.75, 3.05) is 26.2 Å². The van der Waals surface area contributed by atoms with Gasteiger partial charge >= 0.3 is 0 Å². The number of aryl methyl sites for hydroxylation is 1. The normalized spacial score (nSPS) is 14.6. The van der Waals surface area contributed by atoms with Crippen LogP contribution in [-0.2, 0) is 7.05 Å². The highest BCUT2D eigenvalue weighted by Gasteiger charge is 2.27. The van der Waals surface area contributed by atoms with Crippen LogP contribution in [0.4, 0.5) is 0 Å². The minimum atomic E-state index is -0.000760. The first-order valence-electron chi connectivity index (χ1n) is 8.94. The summed E-state index contributed by atoms with van der Waals surface area (Å²) in [5.41, 5.74) is 2.39. The standard InChI is InChI=1S/C21H20BrN3O2/c1-23-18-9-5-2-6-15(18)14-19(23)21(27)25-12-10-24(11-13-25)20(26)16-7-3-4-8-17(16)22/h2-9,14H,10-13H2,1H3. The van der Waals surface area contributed by atoms with Crippen molar-refractivity contribution < 1.29 is 9.59 Å². The number of benzene rings is 2. The quantitative estimate of drug-likeness (QED) is 0.630. The number of hydrogen-bond donors (Lipinski definition) is 0. The molecular weight excluding hydrogens is 406 g/mol. The summed E-state index contributed by atoms with van der Waals surface area (Å²) in [6.45, 7) is 2.15. The summed E-state index contributed by atoms with van der Waals surface area (Å²) in [6, 6.07) is 17.4. The number of piperazine rings is 1. The van der Waals surface area contributed by atoms with Crippen molar-refractivity contribution in [2.45, 2.75) is 0 Å². The van der Waals surface area contributed by atoms with Crippen LogP contribution >= 0.6 is 15.9 Å². The summed E-state index contributed by atoms with van der Waals surface area (Å²) in [4.78, 5) is 29.4. The largest absolute Gasteiger partial charge is 0.340 e. The Morgan fingerprint density at radius 3 is 2.11 bits per heavy atom. The zero-order valence-electron chi connectivity index (χ0n) is 15.1. The molecule has 0 bridgehead atoms. The van der Waals surface area contributed by atoms with Crippen LogP contribution in [-0.4, -0.2) is 52.4 Å². The minimum absolute atomic E-state index is 0.000760. The molecule has 1 aliphatic heterocycles. The number of aromatic nitrogens is 1. The molecule has 2 heterocycles. The van der Waals surface area contributed by atoms with Gasteiger partial charge in [0, 0.05) is 48.6 Å². The van der Waals surface area contributed by atoms with Crippen LogP contribution in [0.3, 0.4) is 0 Å². The number of hydrogen-bond acceptors (Lipinski definition) is 2. The molecule has 1 saturated heterocycles. The van der Waals surface area contributed by atoms with E-state index in [4.69, 9.17) is 0 Å². The van der Waals surface area contributed by atoms with Gasteiger partial charge in [-0.3, -0.25) is 9.59 Å². The second-order valence-electron chi connectivity index (χ2n) is 6.71. The lowest BCUT2D eigenvalue weighted by Gasteiger charge is -2.35. The van der Waals surface area contributed by atoms with Crippen LogP contribution in [0.5, 0.6) is 0 Å². The average Bonchev–Trinajstić information content (AvgIpc) is 3.04. The van der Waals surface area contributed by atoms with Gasteiger partial charge in [-0.1, -0.05) is 30.3 Å². The van der Waals surface area contributed by atoms with Gasteiger partial charge in [0.2, 0.25) is 0 Å². The third-order valence-electron chi connectivity index (χ3n) is 5.13. The molecule has 5 nitrogen and oxygen atoms in total. The highest BCUT2D eigenvalue weighted by atomic mass is 79.9. The lowest BCUT2D eigenvalue weighted by atomic mass is 10.2. The zero-order chi connectivity index (χ0) is 19.0. The molecule has 2 aromatic carbocycles. The van der Waals surface area contributed by atoms with Gasteiger partial charge in [0.15, 0.2) is 0 Å². The lowest BCUT2D eigenvalue weighted by molar-refractivity contribution is 0.0530. The van der Waals surface area contributed by atoms with Crippen LogP contribution in [0.15, 0.2) is 59.1 Å². The van der Waals surface area contributed by atoms with E-state index >= 15 is 0 Å². The van der Waals surface area contributed by atoms with E-state index in [1.54, 1.807) is 0 Å². The molecule has 27 heavy (non-hydrogen) atoms. The first kappa shape index (κ1) is 17.8. The molecule has 0 saturated carbocycles. The van der Waals surface area contributed by atoms with Crippen molar-refractivity contribution in [1.29, 1.82) is 0 Å². The molecule has 4 rings (SSSR count). The molecule has 0 unspecified atom stereocenters. The summed E-state index contributed by atoms with van der Waals surface area (Å²) in [5.74, 6) is 0.0147. The Morgan fingerprint density at radius 2 is 1.44 bits per heavy atom. The van der Waals surface area contributed by atoms with Crippen LogP contribution in [0.2, 0.25) is 0 Å². The third-order valence-corrected chi connectivity index (χ3v) is 5.82. The molecule has 0 spiro atoms. The average molecular weight is 426 g/mol. The molecule has 1 aromatic heterocycles. The van der Waals surface area contributed by atoms with Gasteiger partial charge in [-0.15, -0.1) is 0 Å². The Kier molecular flexibility index (Phi) is 4.74. The Morgan fingerprint density at radius 1 is 0.852 bits per heavy atom. The number of carbonyl (C=O) groups excluding carboxylic acids is 2. The van der Waals surface area contributed by atoms with Crippen LogP contribution in [0.25, 0.3) is 10.9 Å². The molecule has 138 valence electrons. The van der Waals surface area contributed by atoms with Gasteiger partial charge in [0.1, 0.15) is 5.69 Å². The smallest absolute Gasteiger partial charge is 0.270 e. The predicted octanol–water partition coefficient (Wildman–Crippen LogP) is 3.54. The van der Waals surface area contributed by atoms with Gasteiger partial charge in [-0.25, -0.2) is 0 Å². The van der Waals surface area contributed by atoms with E-state index in [0.29, 0.717) is 37.4 Å². The maximum atomic E-state index is 13.0. The fourth-order valence-electron chi connectivity index (χ4n) is 3.57. The van der Waals surface area contributed by atoms with Crippen molar-refractivity contribution in [2.24, 2.45) is 7.05 Å². The lowest BCUT2D eigenvalue weighted by Crippen LogP contribution is -2.50. The highest BCUT2D eigenvalue weighted by molar-refractivity contribution is 9.10. The zero-order valence-corrected chi connectivity index (χ0v) is 16.6. The summed E-state index contributed by atoms with van der Waals surface area (Å²) in [7, 11) is 1.92. The monoisotopic (exact) mass is 425 g/mol. The topological polar surface area (TPSA) is 45.6 Å². The maximum Gasteiger partial charge on any atom is 0.270 e. The van der Waals surface area contributed by atoms with Gasteiger partial charge in [0.25, 0.3) is 11.8 Å². The highest BCUT2D eigenvalue weighted by Crippen LogP contribution is 2.21. The van der Waals surface area contributed by atoms with Crippen LogP contribution in [0.1, 0.15) is 20.8 Å². The van der Waals surface area contributed by atoms with E-state index < -0.39 is 0 Å². The van der Waals surface area contributed by atoms with Crippen molar-refractivity contribution in [3.8, 4) is 0 Å². The molecule has 0 aliphatic carbocycles. The predicted molar refractivity (Wildman–Crippen MR) is 109 cm³/mol. The van der Waals surface area contributed by atoms with E-state index in [2.05, 4.69) is 15.9 Å². The van der Waals surface area contributed by atoms with Crippen molar-refractivity contribution in [3.05, 3.63) is 70.3 Å². The Labute approximate surface area is 166 Å². The van der Waals surface area contributed by atoms with Crippen LogP contribution < -0.4 is 0 Å². The molecule has 1 fully saturated rings. The minimum Gasteiger partial charge on any atom is -0.340 e. The van der Waals surface area contributed by atoms with Gasteiger partial charge in [0.05, 0.1) is 5.56 Å². The van der Waals surface area contributed by atoms with Gasteiger partial charge < -0.3 is 14.4 Å². The molecule has 0 atom stereocenters. The number of halogens is 1. The number of para-hydroxylation sites is 1. The second-order valence-corrected chi connectivity index (χ2v) is 7.57. The second kappa shape index (κ2) is 7.19. The van der Waals surface area contributed by atoms with Crippen molar-refractivity contribution in [3.63, 3.8) is 0 Å². The molecular formula is C21H20BrN3O2. The Hall–Kier alpha value is -2.60. The summed E-state index contributed by atoms with van der Waals surface area (Å²) >= 11 is 3.44.